The topological polar surface area (TPSA) is 18.5 Å². The average molecular weight is 781 g/mol. The first kappa shape index (κ1) is 34.8. The van der Waals surface area contributed by atoms with E-state index in [1.807, 2.05) is 23.5 Å². The Morgan fingerprint density at radius 2 is 0.672 bits per heavy atom. The summed E-state index contributed by atoms with van der Waals surface area (Å²) in [4.78, 5) is 5.03. The molecule has 0 amide bonds. The van der Waals surface area contributed by atoms with Crippen molar-refractivity contribution >= 4 is 66.6 Å². The summed E-state index contributed by atoms with van der Waals surface area (Å²) < 4.78 is 14.0. The molecular formula is C54H36O2S2. The van der Waals surface area contributed by atoms with Gasteiger partial charge in [0.1, 0.15) is 24.7 Å². The van der Waals surface area contributed by atoms with Crippen molar-refractivity contribution < 1.29 is 9.47 Å². The van der Waals surface area contributed by atoms with Crippen LogP contribution in [0.2, 0.25) is 0 Å². The molecule has 10 aromatic carbocycles. The smallest absolute Gasteiger partial charge is 0.128 e. The molecule has 0 aromatic heterocycles. The molecule has 0 saturated carbocycles. The number of rotatable bonds is 8. The van der Waals surface area contributed by atoms with E-state index < -0.39 is 0 Å². The van der Waals surface area contributed by atoms with Crippen LogP contribution in [-0.2, 0) is 13.2 Å². The molecule has 0 bridgehead atoms. The minimum Gasteiger partial charge on any atom is -0.488 e. The zero-order chi connectivity index (χ0) is 38.4. The molecule has 0 fully saturated rings. The van der Waals surface area contributed by atoms with Crippen LogP contribution >= 0.6 is 23.5 Å². The highest BCUT2D eigenvalue weighted by Crippen LogP contribution is 2.50. The highest BCUT2D eigenvalue weighted by molar-refractivity contribution is 8.05. The monoisotopic (exact) mass is 780 g/mol. The van der Waals surface area contributed by atoms with Gasteiger partial charge in [0.25, 0.3) is 0 Å². The SMILES string of the molecule is c1ccc2c(c1)Sc1cc(COc3ccc4ccccc4c3-c3cccc4ccccc34)c(COc3ccc4ccccc4c3-c3cccc4ccccc34)cc1S2. The first-order chi connectivity index (χ1) is 28.7. The van der Waals surface area contributed by atoms with E-state index in [9.17, 15) is 0 Å². The predicted octanol–water partition coefficient (Wildman–Crippen LogP) is 15.4. The summed E-state index contributed by atoms with van der Waals surface area (Å²) in [7, 11) is 0. The predicted molar refractivity (Wildman–Crippen MR) is 244 cm³/mol. The van der Waals surface area contributed by atoms with Gasteiger partial charge in [0.15, 0.2) is 0 Å². The van der Waals surface area contributed by atoms with E-state index in [2.05, 4.69) is 194 Å². The molecule has 276 valence electrons. The lowest BCUT2D eigenvalue weighted by atomic mass is 9.93. The van der Waals surface area contributed by atoms with Crippen molar-refractivity contribution in [1.82, 2.24) is 0 Å². The molecule has 0 spiro atoms. The van der Waals surface area contributed by atoms with Crippen molar-refractivity contribution in [2.24, 2.45) is 0 Å². The summed E-state index contributed by atoms with van der Waals surface area (Å²) in [5, 5.41) is 9.54. The fourth-order valence-corrected chi connectivity index (χ4v) is 10.8. The van der Waals surface area contributed by atoms with Gasteiger partial charge < -0.3 is 9.47 Å². The van der Waals surface area contributed by atoms with Gasteiger partial charge in [-0.1, -0.05) is 181 Å². The number of fused-ring (bicyclic) bond motifs is 6. The van der Waals surface area contributed by atoms with Gasteiger partial charge in [0.05, 0.1) is 0 Å². The zero-order valence-electron chi connectivity index (χ0n) is 31.5. The van der Waals surface area contributed by atoms with Gasteiger partial charge in [0, 0.05) is 30.7 Å². The van der Waals surface area contributed by atoms with E-state index in [0.29, 0.717) is 13.2 Å². The second-order valence-electron chi connectivity index (χ2n) is 14.7. The number of ether oxygens (including phenoxy) is 2. The minimum absolute atomic E-state index is 0.392. The number of hydrogen-bond donors (Lipinski definition) is 0. The summed E-state index contributed by atoms with van der Waals surface area (Å²) in [5.74, 6) is 1.72. The lowest BCUT2D eigenvalue weighted by Gasteiger charge is -2.23. The molecule has 0 radical (unpaired) electrons. The van der Waals surface area contributed by atoms with Crippen molar-refractivity contribution in [2.45, 2.75) is 32.8 Å². The van der Waals surface area contributed by atoms with Crippen molar-refractivity contribution in [1.29, 1.82) is 0 Å². The molecule has 2 nitrogen and oxygen atoms in total. The number of hydrogen-bond acceptors (Lipinski definition) is 4. The van der Waals surface area contributed by atoms with E-state index in [0.717, 1.165) is 33.8 Å². The third-order valence-electron chi connectivity index (χ3n) is 11.2. The van der Waals surface area contributed by atoms with Crippen LogP contribution in [0.15, 0.2) is 214 Å². The maximum absolute atomic E-state index is 7.02. The Labute approximate surface area is 346 Å². The van der Waals surface area contributed by atoms with Crippen LogP contribution in [0.1, 0.15) is 11.1 Å². The summed E-state index contributed by atoms with van der Waals surface area (Å²) in [6.45, 7) is 0.783. The van der Waals surface area contributed by atoms with E-state index in [-0.39, 0.29) is 0 Å². The molecular weight excluding hydrogens is 745 g/mol. The van der Waals surface area contributed by atoms with Crippen LogP contribution in [0.5, 0.6) is 11.5 Å². The third-order valence-corrected chi connectivity index (χ3v) is 13.7. The van der Waals surface area contributed by atoms with Crippen molar-refractivity contribution in [2.75, 3.05) is 0 Å². The van der Waals surface area contributed by atoms with Gasteiger partial charge >= 0.3 is 0 Å². The van der Waals surface area contributed by atoms with Gasteiger partial charge in [-0.2, -0.15) is 0 Å². The fourth-order valence-electron chi connectivity index (χ4n) is 8.43. The second kappa shape index (κ2) is 14.8. The van der Waals surface area contributed by atoms with Crippen LogP contribution in [-0.4, -0.2) is 0 Å². The molecule has 0 aliphatic carbocycles. The standard InChI is InChI=1S/C54H36O2S2/c1-5-19-41-35(13-1)17-11-23-45(41)53-43-21-7-3-15-37(43)27-29-47(53)55-33-39-31-51-52(58-50-26-10-9-25-49(50)57-51)32-40(39)34-56-48-30-28-38-16-4-8-22-44(38)54(48)46-24-12-18-36-14-2-6-20-42(36)46/h1-32H,33-34H2. The molecule has 1 heterocycles. The second-order valence-corrected chi connectivity index (χ2v) is 16.8. The first-order valence-electron chi connectivity index (χ1n) is 19.6. The molecule has 0 atom stereocenters. The number of benzene rings is 10. The Hall–Kier alpha value is -6.46. The van der Waals surface area contributed by atoms with Crippen LogP contribution < -0.4 is 9.47 Å². The lowest BCUT2D eigenvalue weighted by Crippen LogP contribution is -2.07. The van der Waals surface area contributed by atoms with Crippen molar-refractivity contribution in [3.8, 4) is 33.8 Å². The Balaban J connectivity index is 1.01. The molecule has 11 rings (SSSR count). The van der Waals surface area contributed by atoms with Crippen molar-refractivity contribution in [3.05, 3.63) is 205 Å². The maximum Gasteiger partial charge on any atom is 0.128 e. The Morgan fingerprint density at radius 3 is 1.12 bits per heavy atom. The molecule has 0 N–H and O–H groups in total. The van der Waals surface area contributed by atoms with Crippen molar-refractivity contribution in [3.63, 3.8) is 0 Å². The maximum atomic E-state index is 7.02. The Morgan fingerprint density at radius 1 is 0.310 bits per heavy atom. The van der Waals surface area contributed by atoms with Crippen LogP contribution in [0, 0.1) is 0 Å². The van der Waals surface area contributed by atoms with E-state index >= 15 is 0 Å². The molecule has 58 heavy (non-hydrogen) atoms. The first-order valence-corrected chi connectivity index (χ1v) is 21.2. The molecule has 0 unspecified atom stereocenters. The highest BCUT2D eigenvalue weighted by Gasteiger charge is 2.22. The van der Waals surface area contributed by atoms with Gasteiger partial charge in [-0.15, -0.1) is 0 Å². The molecule has 1 aliphatic heterocycles. The van der Waals surface area contributed by atoms with Crippen LogP contribution in [0.3, 0.4) is 0 Å². The zero-order valence-corrected chi connectivity index (χ0v) is 33.2. The minimum atomic E-state index is 0.392. The molecule has 10 aromatic rings. The van der Waals surface area contributed by atoms with Gasteiger partial charge in [-0.25, -0.2) is 0 Å². The average Bonchev–Trinajstić information content (AvgIpc) is 3.28. The lowest BCUT2D eigenvalue weighted by molar-refractivity contribution is 0.286. The fraction of sp³-hybridized carbons (Fsp3) is 0.0370. The van der Waals surface area contributed by atoms with Gasteiger partial charge in [-0.05, 0) is 102 Å². The largest absolute Gasteiger partial charge is 0.488 e. The molecule has 0 saturated heterocycles. The van der Waals surface area contributed by atoms with Crippen LogP contribution in [0.25, 0.3) is 65.3 Å². The highest BCUT2D eigenvalue weighted by atomic mass is 32.2. The normalized spacial score (nSPS) is 12.1. The summed E-state index contributed by atoms with van der Waals surface area (Å²) >= 11 is 3.66. The van der Waals surface area contributed by atoms with E-state index in [4.69, 9.17) is 9.47 Å². The summed E-state index contributed by atoms with van der Waals surface area (Å²) in [6.07, 6.45) is 0. The Bertz CT molecular complexity index is 2980. The van der Waals surface area contributed by atoms with Crippen LogP contribution in [0.4, 0.5) is 0 Å². The van der Waals surface area contributed by atoms with Gasteiger partial charge in [0.2, 0.25) is 0 Å². The quantitative estimate of drug-likeness (QED) is 0.153. The summed E-state index contributed by atoms with van der Waals surface area (Å²) in [6, 6.07) is 69.5. The Kier molecular flexibility index (Phi) is 8.87. The molecule has 1 aliphatic rings. The third kappa shape index (κ3) is 6.26. The summed E-state index contributed by atoms with van der Waals surface area (Å²) in [5.41, 5.74) is 6.77. The molecule has 4 heteroatoms. The van der Waals surface area contributed by atoms with E-state index in [1.54, 1.807) is 0 Å². The van der Waals surface area contributed by atoms with E-state index in [1.165, 1.54) is 73.8 Å². The van der Waals surface area contributed by atoms with Gasteiger partial charge in [-0.3, -0.25) is 0 Å².